The maximum Gasteiger partial charge on any atom is 0.235 e. The van der Waals surface area contributed by atoms with Crippen LogP contribution in [0.2, 0.25) is 0 Å². The number of rotatable bonds is 3. The summed E-state index contributed by atoms with van der Waals surface area (Å²) in [6.45, 7) is 0. The van der Waals surface area contributed by atoms with Gasteiger partial charge in [0.15, 0.2) is 0 Å². The predicted molar refractivity (Wildman–Crippen MR) is 44.4 cm³/mol. The van der Waals surface area contributed by atoms with E-state index in [-0.39, 0.29) is 6.42 Å². The van der Waals surface area contributed by atoms with Crippen molar-refractivity contribution in [2.45, 2.75) is 12.5 Å². The molecule has 68 valence electrons. The van der Waals surface area contributed by atoms with Crippen LogP contribution in [0.5, 0.6) is 0 Å². The number of carbonyl (C=O) groups is 1. The molecule has 0 aliphatic rings. The standard InChI is InChI=1S/C6H8N6O/c7-5(6(13)11-12-8)1-4-2-9-3-10-4/h2-3,5H,1,7H2,(H,9,10)/t5-/m0/s1. The zero-order valence-corrected chi connectivity index (χ0v) is 6.71. The highest BCUT2D eigenvalue weighted by atomic mass is 16.2. The van der Waals surface area contributed by atoms with Gasteiger partial charge in [0.1, 0.15) is 0 Å². The zero-order chi connectivity index (χ0) is 9.68. The largest absolute Gasteiger partial charge is 0.348 e. The second-order valence-corrected chi connectivity index (χ2v) is 2.42. The number of hydrogen-bond acceptors (Lipinski definition) is 3. The number of amides is 1. The van der Waals surface area contributed by atoms with Crippen molar-refractivity contribution in [3.63, 3.8) is 0 Å². The van der Waals surface area contributed by atoms with Crippen LogP contribution in [-0.4, -0.2) is 21.9 Å². The molecule has 1 heterocycles. The van der Waals surface area contributed by atoms with Gasteiger partial charge in [0.2, 0.25) is 5.91 Å². The van der Waals surface area contributed by atoms with Gasteiger partial charge in [-0.3, -0.25) is 4.79 Å². The number of nitrogens with two attached hydrogens (primary N) is 1. The number of H-pyrrole nitrogens is 1. The van der Waals surface area contributed by atoms with E-state index < -0.39 is 11.9 Å². The Balaban J connectivity index is 2.55. The molecule has 1 aromatic rings. The SMILES string of the molecule is [N-]=[N+]=NC(=O)[C@@H](N)Cc1cnc[nH]1. The number of nitrogens with one attached hydrogen (secondary N) is 1. The van der Waals surface area contributed by atoms with Crippen LogP contribution in [0.4, 0.5) is 0 Å². The van der Waals surface area contributed by atoms with Gasteiger partial charge in [0, 0.05) is 23.2 Å². The molecule has 1 amide bonds. The number of nitrogens with zero attached hydrogens (tertiary/aromatic N) is 4. The average molecular weight is 180 g/mol. The molecule has 1 atom stereocenters. The van der Waals surface area contributed by atoms with Gasteiger partial charge in [-0.15, -0.1) is 0 Å². The van der Waals surface area contributed by atoms with Gasteiger partial charge in [-0.1, -0.05) is 0 Å². The third kappa shape index (κ3) is 2.58. The molecule has 0 radical (unpaired) electrons. The molecule has 1 aromatic heterocycles. The van der Waals surface area contributed by atoms with Crippen LogP contribution in [0.25, 0.3) is 10.4 Å². The third-order valence-corrected chi connectivity index (χ3v) is 1.46. The lowest BCUT2D eigenvalue weighted by molar-refractivity contribution is -0.119. The van der Waals surface area contributed by atoms with E-state index in [1.54, 1.807) is 6.20 Å². The topological polar surface area (TPSA) is 121 Å². The minimum Gasteiger partial charge on any atom is -0.348 e. The second-order valence-electron chi connectivity index (χ2n) is 2.42. The molecule has 0 aliphatic heterocycles. The lowest BCUT2D eigenvalue weighted by atomic mass is 10.2. The summed E-state index contributed by atoms with van der Waals surface area (Å²) in [5.41, 5.74) is 14.1. The van der Waals surface area contributed by atoms with E-state index in [0.717, 1.165) is 5.69 Å². The van der Waals surface area contributed by atoms with Gasteiger partial charge >= 0.3 is 0 Å². The monoisotopic (exact) mass is 180 g/mol. The Morgan fingerprint density at radius 2 is 2.69 bits per heavy atom. The molecule has 7 heteroatoms. The summed E-state index contributed by atoms with van der Waals surface area (Å²) in [7, 11) is 0. The van der Waals surface area contributed by atoms with E-state index in [9.17, 15) is 4.79 Å². The first kappa shape index (κ1) is 9.24. The fourth-order valence-corrected chi connectivity index (χ4v) is 0.839. The maximum atomic E-state index is 10.9. The summed E-state index contributed by atoms with van der Waals surface area (Å²) in [4.78, 5) is 19.8. The van der Waals surface area contributed by atoms with Crippen molar-refractivity contribution in [1.29, 1.82) is 0 Å². The van der Waals surface area contributed by atoms with Crippen LogP contribution in [0.15, 0.2) is 17.6 Å². The van der Waals surface area contributed by atoms with E-state index >= 15 is 0 Å². The van der Waals surface area contributed by atoms with Crippen LogP contribution in [-0.2, 0) is 11.2 Å². The van der Waals surface area contributed by atoms with Gasteiger partial charge in [0.05, 0.1) is 12.4 Å². The molecular weight excluding hydrogens is 172 g/mol. The summed E-state index contributed by atoms with van der Waals surface area (Å²) in [6, 6.07) is -0.809. The minimum absolute atomic E-state index is 0.290. The number of azide groups is 1. The van der Waals surface area contributed by atoms with E-state index in [1.807, 2.05) is 0 Å². The normalized spacial score (nSPS) is 11.8. The Hall–Kier alpha value is -1.85. The molecule has 0 aromatic carbocycles. The Morgan fingerprint density at radius 3 is 3.23 bits per heavy atom. The van der Waals surface area contributed by atoms with Crippen molar-refractivity contribution >= 4 is 5.91 Å². The lowest BCUT2D eigenvalue weighted by Crippen LogP contribution is -2.31. The molecule has 0 fully saturated rings. The molecule has 13 heavy (non-hydrogen) atoms. The lowest BCUT2D eigenvalue weighted by Gasteiger charge is -2.03. The second kappa shape index (κ2) is 4.24. The Bertz CT molecular complexity index is 325. The summed E-state index contributed by atoms with van der Waals surface area (Å²) in [5.74, 6) is -0.669. The highest BCUT2D eigenvalue weighted by Gasteiger charge is 2.12. The van der Waals surface area contributed by atoms with Crippen molar-refractivity contribution in [2.75, 3.05) is 0 Å². The van der Waals surface area contributed by atoms with Crippen LogP contribution < -0.4 is 5.73 Å². The van der Waals surface area contributed by atoms with Crippen molar-refractivity contribution in [3.05, 3.63) is 28.7 Å². The van der Waals surface area contributed by atoms with Crippen molar-refractivity contribution in [1.82, 2.24) is 9.97 Å². The molecule has 3 N–H and O–H groups in total. The molecule has 7 nitrogen and oxygen atoms in total. The smallest absolute Gasteiger partial charge is 0.235 e. The first-order chi connectivity index (χ1) is 6.24. The molecule has 0 saturated carbocycles. The van der Waals surface area contributed by atoms with Gasteiger partial charge in [0.25, 0.3) is 0 Å². The van der Waals surface area contributed by atoms with E-state index in [4.69, 9.17) is 11.3 Å². The minimum atomic E-state index is -0.809. The summed E-state index contributed by atoms with van der Waals surface area (Å²) in [6.07, 6.45) is 3.33. The van der Waals surface area contributed by atoms with Crippen molar-refractivity contribution in [2.24, 2.45) is 10.8 Å². The molecule has 0 spiro atoms. The highest BCUT2D eigenvalue weighted by molar-refractivity contribution is 5.82. The van der Waals surface area contributed by atoms with E-state index in [2.05, 4.69) is 20.0 Å². The Labute approximate surface area is 73.6 Å². The number of imidazole rings is 1. The first-order valence-corrected chi connectivity index (χ1v) is 3.56. The van der Waals surface area contributed by atoms with Gasteiger partial charge in [-0.25, -0.2) is 4.98 Å². The number of carbonyl (C=O) groups excluding carboxylic acids is 1. The molecular formula is C6H8N6O. The molecule has 0 aliphatic carbocycles. The van der Waals surface area contributed by atoms with Crippen LogP contribution in [0.3, 0.4) is 0 Å². The molecule has 0 unspecified atom stereocenters. The highest BCUT2D eigenvalue weighted by Crippen LogP contribution is 1.97. The molecule has 0 bridgehead atoms. The predicted octanol–water partition coefficient (Wildman–Crippen LogP) is 0.116. The molecule has 0 saturated heterocycles. The number of aromatic amines is 1. The van der Waals surface area contributed by atoms with Crippen molar-refractivity contribution in [3.8, 4) is 0 Å². The fourth-order valence-electron chi connectivity index (χ4n) is 0.839. The first-order valence-electron chi connectivity index (χ1n) is 3.56. The maximum absolute atomic E-state index is 10.9. The average Bonchev–Trinajstić information content (AvgIpc) is 2.57. The third-order valence-electron chi connectivity index (χ3n) is 1.46. The van der Waals surface area contributed by atoms with E-state index in [0.29, 0.717) is 0 Å². The summed E-state index contributed by atoms with van der Waals surface area (Å²) >= 11 is 0. The van der Waals surface area contributed by atoms with Crippen LogP contribution in [0.1, 0.15) is 5.69 Å². The zero-order valence-electron chi connectivity index (χ0n) is 6.71. The van der Waals surface area contributed by atoms with Gasteiger partial charge in [-0.05, 0) is 10.6 Å². The number of aromatic nitrogens is 2. The Morgan fingerprint density at radius 1 is 1.92 bits per heavy atom. The quantitative estimate of drug-likeness (QED) is 0.390. The van der Waals surface area contributed by atoms with Crippen molar-refractivity contribution < 1.29 is 4.79 Å². The van der Waals surface area contributed by atoms with Crippen LogP contribution >= 0.6 is 0 Å². The van der Waals surface area contributed by atoms with Gasteiger partial charge in [-0.2, -0.15) is 0 Å². The summed E-state index contributed by atoms with van der Waals surface area (Å²) < 4.78 is 0. The van der Waals surface area contributed by atoms with E-state index in [1.165, 1.54) is 6.33 Å². The van der Waals surface area contributed by atoms with Crippen LogP contribution in [0, 0.1) is 0 Å². The number of hydrogen-bond donors (Lipinski definition) is 2. The fraction of sp³-hybridized carbons (Fsp3) is 0.333. The van der Waals surface area contributed by atoms with Gasteiger partial charge < -0.3 is 10.7 Å². The molecule has 1 rings (SSSR count). The Kier molecular flexibility index (Phi) is 3.02. The summed E-state index contributed by atoms with van der Waals surface area (Å²) in [5, 5.41) is 2.89.